The molecule has 3 heterocycles. The summed E-state index contributed by atoms with van der Waals surface area (Å²) in [7, 11) is 0. The summed E-state index contributed by atoms with van der Waals surface area (Å²) in [6.07, 6.45) is 0. The van der Waals surface area contributed by atoms with E-state index in [9.17, 15) is 0 Å². The number of furan rings is 1. The van der Waals surface area contributed by atoms with E-state index < -0.39 is 0 Å². The van der Waals surface area contributed by atoms with Crippen molar-refractivity contribution in [1.82, 2.24) is 24.9 Å². The van der Waals surface area contributed by atoms with Gasteiger partial charge in [0.2, 0.25) is 0 Å². The maximum absolute atomic E-state index is 6.23. The van der Waals surface area contributed by atoms with Gasteiger partial charge in [0, 0.05) is 44.2 Å². The first-order valence-electron chi connectivity index (χ1n) is 18.2. The number of nitrogens with zero attached hydrogens (tertiary/aromatic N) is 5. The molecule has 10 rings (SSSR count). The van der Waals surface area contributed by atoms with Crippen LogP contribution in [0.15, 0.2) is 192 Å². The molecule has 0 aliphatic rings. The van der Waals surface area contributed by atoms with E-state index in [-0.39, 0.29) is 0 Å². The first kappa shape index (κ1) is 32.1. The van der Waals surface area contributed by atoms with Crippen LogP contribution >= 0.6 is 0 Å². The highest BCUT2D eigenvalue weighted by atomic mass is 16.3. The van der Waals surface area contributed by atoms with E-state index in [0.29, 0.717) is 23.3 Å². The van der Waals surface area contributed by atoms with Crippen molar-refractivity contribution < 1.29 is 4.42 Å². The molecule has 6 heteroatoms. The molecule has 10 aromatic rings. The van der Waals surface area contributed by atoms with Crippen LogP contribution in [0.3, 0.4) is 0 Å². The van der Waals surface area contributed by atoms with Crippen molar-refractivity contribution in [3.05, 3.63) is 188 Å². The molecule has 0 aliphatic carbocycles. The molecule has 0 radical (unpaired) electrons. The van der Waals surface area contributed by atoms with Crippen LogP contribution in [0.4, 0.5) is 0 Å². The van der Waals surface area contributed by atoms with Gasteiger partial charge in [-0.05, 0) is 41.5 Å². The molecule has 3 aromatic heterocycles. The van der Waals surface area contributed by atoms with Crippen molar-refractivity contribution in [1.29, 1.82) is 0 Å². The van der Waals surface area contributed by atoms with Crippen LogP contribution in [0.1, 0.15) is 0 Å². The van der Waals surface area contributed by atoms with Gasteiger partial charge in [0.1, 0.15) is 11.2 Å². The molecule has 7 aromatic carbocycles. The first-order chi connectivity index (χ1) is 27.2. The maximum atomic E-state index is 6.23. The zero-order valence-electron chi connectivity index (χ0n) is 29.5. The Bertz CT molecular complexity index is 2900. The number of benzene rings is 7. The third-order valence-electron chi connectivity index (χ3n) is 9.77. The molecule has 258 valence electrons. The van der Waals surface area contributed by atoms with Crippen molar-refractivity contribution in [2.75, 3.05) is 0 Å². The molecule has 0 amide bonds. The van der Waals surface area contributed by atoms with Gasteiger partial charge in [-0.25, -0.2) is 24.9 Å². The Morgan fingerprint density at radius 3 is 1.36 bits per heavy atom. The smallest absolute Gasteiger partial charge is 0.164 e. The van der Waals surface area contributed by atoms with E-state index in [1.165, 1.54) is 0 Å². The van der Waals surface area contributed by atoms with Crippen molar-refractivity contribution >= 4 is 21.9 Å². The van der Waals surface area contributed by atoms with E-state index in [4.69, 9.17) is 29.3 Å². The highest BCUT2D eigenvalue weighted by molar-refractivity contribution is 6.05. The number of rotatable bonds is 7. The Balaban J connectivity index is 1.02. The maximum Gasteiger partial charge on any atom is 0.164 e. The monoisotopic (exact) mass is 705 g/mol. The van der Waals surface area contributed by atoms with Crippen molar-refractivity contribution in [2.45, 2.75) is 0 Å². The highest BCUT2D eigenvalue weighted by Gasteiger charge is 2.15. The second kappa shape index (κ2) is 13.8. The zero-order valence-corrected chi connectivity index (χ0v) is 29.5. The zero-order chi connectivity index (χ0) is 36.6. The molecule has 55 heavy (non-hydrogen) atoms. The van der Waals surface area contributed by atoms with Crippen LogP contribution in [0, 0.1) is 0 Å². The summed E-state index contributed by atoms with van der Waals surface area (Å²) in [5.74, 6) is 2.53. The van der Waals surface area contributed by atoms with Crippen LogP contribution in [0.2, 0.25) is 0 Å². The molecule has 0 N–H and O–H groups in total. The Morgan fingerprint density at radius 2 is 0.709 bits per heavy atom. The quantitative estimate of drug-likeness (QED) is 0.164. The lowest BCUT2D eigenvalue weighted by Crippen LogP contribution is -2.00. The lowest BCUT2D eigenvalue weighted by atomic mass is 9.99. The van der Waals surface area contributed by atoms with E-state index in [0.717, 1.165) is 77.8 Å². The summed E-state index contributed by atoms with van der Waals surface area (Å²) in [6, 6.07) is 63.5. The van der Waals surface area contributed by atoms with Crippen LogP contribution in [0.25, 0.3) is 101 Å². The minimum atomic E-state index is 0.621. The second-order valence-electron chi connectivity index (χ2n) is 13.3. The van der Waals surface area contributed by atoms with Gasteiger partial charge >= 0.3 is 0 Å². The molecule has 0 bridgehead atoms. The van der Waals surface area contributed by atoms with E-state index >= 15 is 0 Å². The van der Waals surface area contributed by atoms with Gasteiger partial charge in [-0.3, -0.25) is 0 Å². The van der Waals surface area contributed by atoms with E-state index in [1.54, 1.807) is 0 Å². The van der Waals surface area contributed by atoms with E-state index in [1.807, 2.05) is 103 Å². The molecule has 6 nitrogen and oxygen atoms in total. The Morgan fingerprint density at radius 1 is 0.255 bits per heavy atom. The summed E-state index contributed by atoms with van der Waals surface area (Å²) in [4.78, 5) is 24.9. The lowest BCUT2D eigenvalue weighted by Gasteiger charge is -2.11. The molecule has 0 atom stereocenters. The van der Waals surface area contributed by atoms with Gasteiger partial charge < -0.3 is 4.42 Å². The number of hydrogen-bond donors (Lipinski definition) is 0. The number of fused-ring (bicyclic) bond motifs is 3. The molecular formula is C49H31N5O. The fourth-order valence-corrected chi connectivity index (χ4v) is 6.95. The highest BCUT2D eigenvalue weighted by Crippen LogP contribution is 2.34. The van der Waals surface area contributed by atoms with Crippen molar-refractivity contribution in [3.63, 3.8) is 0 Å². The third-order valence-corrected chi connectivity index (χ3v) is 9.77. The largest absolute Gasteiger partial charge is 0.456 e. The van der Waals surface area contributed by atoms with Gasteiger partial charge in [0.05, 0.1) is 11.4 Å². The average molecular weight is 706 g/mol. The first-order valence-corrected chi connectivity index (χ1v) is 18.2. The molecule has 0 saturated heterocycles. The van der Waals surface area contributed by atoms with Crippen LogP contribution < -0.4 is 0 Å². The summed E-state index contributed by atoms with van der Waals surface area (Å²) in [5.41, 5.74) is 11.2. The minimum absolute atomic E-state index is 0.621. The predicted octanol–water partition coefficient (Wildman–Crippen LogP) is 12.2. The predicted molar refractivity (Wildman–Crippen MR) is 221 cm³/mol. The van der Waals surface area contributed by atoms with Crippen LogP contribution in [-0.4, -0.2) is 24.9 Å². The van der Waals surface area contributed by atoms with Gasteiger partial charge in [-0.2, -0.15) is 0 Å². The fourth-order valence-electron chi connectivity index (χ4n) is 6.95. The minimum Gasteiger partial charge on any atom is -0.456 e. The summed E-state index contributed by atoms with van der Waals surface area (Å²) in [5, 5.41) is 2.16. The molecule has 0 spiro atoms. The van der Waals surface area contributed by atoms with Crippen molar-refractivity contribution in [3.8, 4) is 79.2 Å². The molecular weight excluding hydrogens is 675 g/mol. The SMILES string of the molecule is c1ccc(-c2cc(-c3cccc(-c4ccc(-c5nc(-c6ccccc6)nc(-c6ccccc6)n5)cc4)c3)nc(-c3ccc4c(c3)oc3ccccc34)n2)cc1. The molecule has 0 aliphatic heterocycles. The summed E-state index contributed by atoms with van der Waals surface area (Å²) < 4.78 is 6.23. The van der Waals surface area contributed by atoms with Crippen LogP contribution in [0.5, 0.6) is 0 Å². The van der Waals surface area contributed by atoms with Gasteiger partial charge in [-0.15, -0.1) is 0 Å². The second-order valence-corrected chi connectivity index (χ2v) is 13.3. The van der Waals surface area contributed by atoms with E-state index in [2.05, 4.69) is 84.9 Å². The molecule has 0 unspecified atom stereocenters. The van der Waals surface area contributed by atoms with Gasteiger partial charge in [0.25, 0.3) is 0 Å². The average Bonchev–Trinajstić information content (AvgIpc) is 3.65. The Hall–Kier alpha value is -7.57. The van der Waals surface area contributed by atoms with Crippen molar-refractivity contribution in [2.24, 2.45) is 0 Å². The van der Waals surface area contributed by atoms with Gasteiger partial charge in [-0.1, -0.05) is 158 Å². The fraction of sp³-hybridized carbons (Fsp3) is 0. The lowest BCUT2D eigenvalue weighted by molar-refractivity contribution is 0.669. The number of aromatic nitrogens is 5. The van der Waals surface area contributed by atoms with Gasteiger partial charge in [0.15, 0.2) is 23.3 Å². The normalized spacial score (nSPS) is 11.3. The molecule has 0 saturated carbocycles. The number of hydrogen-bond acceptors (Lipinski definition) is 6. The standard InChI is InChI=1S/C49H31N5O/c1-4-13-33(14-5-1)42-31-43(51-49(50-42)39-27-28-41-40-21-10-11-22-44(40)55-45(41)30-39)38-20-12-19-37(29-38)32-23-25-36(26-24-32)48-53-46(34-15-6-2-7-16-34)52-47(54-48)35-17-8-3-9-18-35/h1-31H. The third kappa shape index (κ3) is 6.32. The Kier molecular flexibility index (Phi) is 8.04. The van der Waals surface area contributed by atoms with Crippen LogP contribution in [-0.2, 0) is 0 Å². The summed E-state index contributed by atoms with van der Waals surface area (Å²) in [6.45, 7) is 0. The Labute approximate surface area is 317 Å². The molecule has 0 fully saturated rings. The topological polar surface area (TPSA) is 77.6 Å². The number of para-hydroxylation sites is 1. The summed E-state index contributed by atoms with van der Waals surface area (Å²) >= 11 is 0.